The summed E-state index contributed by atoms with van der Waals surface area (Å²) in [6.45, 7) is 2.21. The highest BCUT2D eigenvalue weighted by molar-refractivity contribution is 7.99. The third-order valence-electron chi connectivity index (χ3n) is 3.50. The van der Waals surface area contributed by atoms with Gasteiger partial charge in [-0.2, -0.15) is 11.8 Å². The van der Waals surface area contributed by atoms with E-state index in [0.29, 0.717) is 34.6 Å². The minimum atomic E-state index is 0.0540. The van der Waals surface area contributed by atoms with Crippen LogP contribution in [0.5, 0.6) is 0 Å². The molecule has 0 saturated heterocycles. The van der Waals surface area contributed by atoms with Gasteiger partial charge < -0.3 is 9.73 Å². The molecule has 2 unspecified atom stereocenters. The van der Waals surface area contributed by atoms with Crippen LogP contribution in [0.4, 0.5) is 0 Å². The molecule has 1 aromatic rings. The molecule has 20 heavy (non-hydrogen) atoms. The first-order chi connectivity index (χ1) is 9.69. The summed E-state index contributed by atoms with van der Waals surface area (Å²) < 4.78 is 5.43. The number of aromatic nitrogens is 2. The van der Waals surface area contributed by atoms with E-state index in [1.54, 1.807) is 11.8 Å². The lowest BCUT2D eigenvalue weighted by molar-refractivity contribution is -0.119. The quantitative estimate of drug-likeness (QED) is 0.814. The maximum absolute atomic E-state index is 11.9. The Morgan fingerprint density at radius 1 is 1.40 bits per heavy atom. The minimum Gasteiger partial charge on any atom is -0.415 e. The number of carbonyl (C=O) groups is 1. The summed E-state index contributed by atoms with van der Waals surface area (Å²) in [7, 11) is 0. The van der Waals surface area contributed by atoms with Crippen molar-refractivity contribution in [1.29, 1.82) is 0 Å². The van der Waals surface area contributed by atoms with Gasteiger partial charge in [-0.25, -0.2) is 0 Å². The van der Waals surface area contributed by atoms with Crippen LogP contribution in [0.1, 0.15) is 38.5 Å². The van der Waals surface area contributed by atoms with E-state index in [1.807, 2.05) is 6.26 Å². The normalized spacial score (nSPS) is 22.7. The third-order valence-corrected chi connectivity index (χ3v) is 4.85. The average molecular weight is 315 g/mol. The van der Waals surface area contributed by atoms with Crippen molar-refractivity contribution < 1.29 is 9.21 Å². The molecule has 0 spiro atoms. The van der Waals surface area contributed by atoms with Crippen LogP contribution in [0.15, 0.2) is 9.64 Å². The Labute approximate surface area is 128 Å². The number of nitrogens with zero attached hydrogens (tertiary/aromatic N) is 2. The van der Waals surface area contributed by atoms with E-state index in [0.717, 1.165) is 6.42 Å². The Hall–Kier alpha value is -0.690. The standard InChI is InChI=1S/C13H21N3O2S2/c1-9-5-3-4-6-10(9)14-11(17)7-20-13-16-15-12(18-13)8-19-2/h9-10H,3-8H2,1-2H3,(H,14,17). The number of nitrogens with one attached hydrogen (secondary N) is 1. The zero-order valence-electron chi connectivity index (χ0n) is 11.9. The van der Waals surface area contributed by atoms with E-state index in [4.69, 9.17) is 4.42 Å². The highest BCUT2D eigenvalue weighted by Crippen LogP contribution is 2.24. The summed E-state index contributed by atoms with van der Waals surface area (Å²) in [5.74, 6) is 2.29. The summed E-state index contributed by atoms with van der Waals surface area (Å²) in [5.41, 5.74) is 0. The van der Waals surface area contributed by atoms with Crippen LogP contribution in [0.3, 0.4) is 0 Å². The molecule has 1 saturated carbocycles. The first-order valence-electron chi connectivity index (χ1n) is 6.92. The summed E-state index contributed by atoms with van der Waals surface area (Å²) in [4.78, 5) is 11.9. The van der Waals surface area contributed by atoms with Crippen LogP contribution >= 0.6 is 23.5 Å². The van der Waals surface area contributed by atoms with Gasteiger partial charge in [-0.1, -0.05) is 31.5 Å². The lowest BCUT2D eigenvalue weighted by Gasteiger charge is -2.29. The van der Waals surface area contributed by atoms with Gasteiger partial charge in [0.05, 0.1) is 11.5 Å². The first kappa shape index (κ1) is 15.7. The number of thioether (sulfide) groups is 2. The number of amides is 1. The molecule has 5 nitrogen and oxygen atoms in total. The van der Waals surface area contributed by atoms with Crippen molar-refractivity contribution in [1.82, 2.24) is 15.5 Å². The summed E-state index contributed by atoms with van der Waals surface area (Å²) in [5, 5.41) is 11.4. The van der Waals surface area contributed by atoms with E-state index < -0.39 is 0 Å². The molecule has 1 heterocycles. The van der Waals surface area contributed by atoms with Gasteiger partial charge >= 0.3 is 0 Å². The fourth-order valence-electron chi connectivity index (χ4n) is 2.38. The number of hydrogen-bond donors (Lipinski definition) is 1. The second kappa shape index (κ2) is 7.93. The molecule has 1 aliphatic carbocycles. The van der Waals surface area contributed by atoms with Gasteiger partial charge in [0.25, 0.3) is 5.22 Å². The largest absolute Gasteiger partial charge is 0.415 e. The molecule has 2 atom stereocenters. The van der Waals surface area contributed by atoms with Crippen molar-refractivity contribution in [2.75, 3.05) is 12.0 Å². The molecule has 0 bridgehead atoms. The summed E-state index contributed by atoms with van der Waals surface area (Å²) in [6.07, 6.45) is 6.78. The molecule has 1 aromatic heterocycles. The van der Waals surface area contributed by atoms with Gasteiger partial charge in [0.15, 0.2) is 0 Å². The van der Waals surface area contributed by atoms with Crippen LogP contribution < -0.4 is 5.32 Å². The van der Waals surface area contributed by atoms with E-state index in [9.17, 15) is 4.79 Å². The molecule has 0 aromatic carbocycles. The van der Waals surface area contributed by atoms with Gasteiger partial charge in [0, 0.05) is 6.04 Å². The van der Waals surface area contributed by atoms with Crippen LogP contribution in [0.2, 0.25) is 0 Å². The second-order valence-electron chi connectivity index (χ2n) is 5.12. The van der Waals surface area contributed by atoms with Gasteiger partial charge in [0.2, 0.25) is 11.8 Å². The number of hydrogen-bond acceptors (Lipinski definition) is 6. The molecule has 1 amide bonds. The van der Waals surface area contributed by atoms with Gasteiger partial charge in [-0.15, -0.1) is 10.2 Å². The predicted molar refractivity (Wildman–Crippen MR) is 81.8 cm³/mol. The van der Waals surface area contributed by atoms with E-state index >= 15 is 0 Å². The Kier molecular flexibility index (Phi) is 6.22. The summed E-state index contributed by atoms with van der Waals surface area (Å²) >= 11 is 2.93. The SMILES string of the molecule is CSCc1nnc(SCC(=O)NC2CCCCC2C)o1. The van der Waals surface area contributed by atoms with E-state index in [2.05, 4.69) is 22.4 Å². The number of carbonyl (C=O) groups excluding carboxylic acids is 1. The van der Waals surface area contributed by atoms with Crippen molar-refractivity contribution in [2.45, 2.75) is 49.6 Å². The van der Waals surface area contributed by atoms with E-state index in [1.165, 1.54) is 31.0 Å². The molecule has 0 aliphatic heterocycles. The Balaban J connectivity index is 1.73. The molecule has 2 rings (SSSR count). The first-order valence-corrected chi connectivity index (χ1v) is 9.30. The van der Waals surface area contributed by atoms with Crippen molar-refractivity contribution in [2.24, 2.45) is 5.92 Å². The van der Waals surface area contributed by atoms with Crippen LogP contribution in [0.25, 0.3) is 0 Å². The fraction of sp³-hybridized carbons (Fsp3) is 0.769. The topological polar surface area (TPSA) is 68.0 Å². The second-order valence-corrected chi connectivity index (χ2v) is 6.91. The maximum Gasteiger partial charge on any atom is 0.277 e. The Bertz CT molecular complexity index is 439. The fourth-order valence-corrected chi connectivity index (χ4v) is 3.34. The van der Waals surface area contributed by atoms with E-state index in [-0.39, 0.29) is 5.91 Å². The van der Waals surface area contributed by atoms with Crippen LogP contribution in [-0.4, -0.2) is 34.2 Å². The van der Waals surface area contributed by atoms with Gasteiger partial charge in [-0.3, -0.25) is 4.79 Å². The molecular formula is C13H21N3O2S2. The van der Waals surface area contributed by atoms with Crippen molar-refractivity contribution >= 4 is 29.4 Å². The molecule has 112 valence electrons. The average Bonchev–Trinajstić information content (AvgIpc) is 2.87. The molecule has 7 heteroatoms. The lowest BCUT2D eigenvalue weighted by Crippen LogP contribution is -2.41. The summed E-state index contributed by atoms with van der Waals surface area (Å²) in [6, 6.07) is 0.326. The van der Waals surface area contributed by atoms with Crippen molar-refractivity contribution in [3.05, 3.63) is 5.89 Å². The van der Waals surface area contributed by atoms with Crippen molar-refractivity contribution in [3.63, 3.8) is 0 Å². The molecule has 1 aliphatic rings. The lowest BCUT2D eigenvalue weighted by atomic mass is 9.86. The zero-order chi connectivity index (χ0) is 14.4. The molecule has 1 fully saturated rings. The molecule has 0 radical (unpaired) electrons. The highest BCUT2D eigenvalue weighted by Gasteiger charge is 2.22. The van der Waals surface area contributed by atoms with Gasteiger partial charge in [-0.05, 0) is 25.0 Å². The predicted octanol–water partition coefficient (Wildman–Crippen LogP) is 2.72. The molecule has 1 N–H and O–H groups in total. The number of rotatable bonds is 6. The minimum absolute atomic E-state index is 0.0540. The monoisotopic (exact) mass is 315 g/mol. The van der Waals surface area contributed by atoms with Crippen LogP contribution in [-0.2, 0) is 10.5 Å². The zero-order valence-corrected chi connectivity index (χ0v) is 13.6. The Morgan fingerprint density at radius 2 is 2.20 bits per heavy atom. The Morgan fingerprint density at radius 3 is 2.95 bits per heavy atom. The van der Waals surface area contributed by atoms with Crippen LogP contribution in [0, 0.1) is 5.92 Å². The third kappa shape index (κ3) is 4.70. The maximum atomic E-state index is 11.9. The van der Waals surface area contributed by atoms with Gasteiger partial charge in [0.1, 0.15) is 0 Å². The molecular weight excluding hydrogens is 294 g/mol. The smallest absolute Gasteiger partial charge is 0.277 e. The van der Waals surface area contributed by atoms with Crippen molar-refractivity contribution in [3.8, 4) is 0 Å². The highest BCUT2D eigenvalue weighted by atomic mass is 32.2.